The van der Waals surface area contributed by atoms with Crippen LogP contribution in [0.2, 0.25) is 0 Å². The van der Waals surface area contributed by atoms with E-state index in [4.69, 9.17) is 9.47 Å². The fourth-order valence-corrected chi connectivity index (χ4v) is 6.51. The molecule has 1 rings (SSSR count). The molecule has 1 aliphatic rings. The zero-order valence-corrected chi connectivity index (χ0v) is 35.6. The molecule has 1 unspecified atom stereocenters. The molecule has 1 fully saturated rings. The fourth-order valence-electron chi connectivity index (χ4n) is 5.82. The van der Waals surface area contributed by atoms with Gasteiger partial charge in [0, 0.05) is 6.26 Å². The third-order valence-electron chi connectivity index (χ3n) is 9.03. The first-order valence-electron chi connectivity index (χ1n) is 21.4. The Bertz CT molecular complexity index is 1310. The number of rotatable bonds is 33. The van der Waals surface area contributed by atoms with Gasteiger partial charge in [0.1, 0.15) is 9.84 Å². The van der Waals surface area contributed by atoms with Crippen LogP contribution in [0.5, 0.6) is 0 Å². The lowest BCUT2D eigenvalue weighted by Crippen LogP contribution is -2.26. The quantitative estimate of drug-likeness (QED) is 0.0492. The summed E-state index contributed by atoms with van der Waals surface area (Å²) in [4.78, 5) is 0. The summed E-state index contributed by atoms with van der Waals surface area (Å²) >= 11 is 0. The molecule has 1 heterocycles. The zero-order chi connectivity index (χ0) is 39.8. The maximum Gasteiger partial charge on any atom is 0.208 e. The average molecular weight is 773 g/mol. The first-order chi connectivity index (χ1) is 26.9. The van der Waals surface area contributed by atoms with Crippen molar-refractivity contribution in [3.63, 3.8) is 0 Å². The molecule has 0 N–H and O–H groups in total. The van der Waals surface area contributed by atoms with Gasteiger partial charge in [-0.3, -0.25) is 0 Å². The Morgan fingerprint density at radius 3 is 1.16 bits per heavy atom. The Morgan fingerprint density at radius 2 is 0.800 bits per heavy atom. The second-order valence-electron chi connectivity index (χ2n) is 14.4. The van der Waals surface area contributed by atoms with E-state index >= 15 is 0 Å². The predicted molar refractivity (Wildman–Crippen MR) is 242 cm³/mol. The SMILES string of the molecule is CCCCCCCCCCC=CC=CC=CC=CC=CC=CC1(C=CC=CC=CC=CC=CC=CCCCCCCCCCC)OCC(CCS(C)(=O)=O)O1. The molecule has 5 heteroatoms. The monoisotopic (exact) mass is 773 g/mol. The summed E-state index contributed by atoms with van der Waals surface area (Å²) in [6.45, 7) is 4.86. The molecule has 306 valence electrons. The molecule has 1 atom stereocenters. The first-order valence-corrected chi connectivity index (χ1v) is 23.5. The minimum absolute atomic E-state index is 0.0660. The molecule has 0 aromatic heterocycles. The van der Waals surface area contributed by atoms with Crippen LogP contribution in [-0.4, -0.2) is 38.9 Å². The highest BCUT2D eigenvalue weighted by Crippen LogP contribution is 2.29. The molecule has 4 nitrogen and oxygen atoms in total. The smallest absolute Gasteiger partial charge is 0.208 e. The van der Waals surface area contributed by atoms with Crippen molar-refractivity contribution in [1.29, 1.82) is 0 Å². The molecule has 0 aliphatic carbocycles. The highest BCUT2D eigenvalue weighted by Gasteiger charge is 2.37. The Balaban J connectivity index is 2.48. The summed E-state index contributed by atoms with van der Waals surface area (Å²) in [5.74, 6) is -0.986. The number of unbranched alkanes of at least 4 members (excludes halogenated alkanes) is 16. The molecule has 0 bridgehead atoms. The minimum atomic E-state index is -3.08. The van der Waals surface area contributed by atoms with E-state index in [1.165, 1.54) is 109 Å². The molecule has 0 saturated carbocycles. The molecule has 0 radical (unpaired) electrons. The van der Waals surface area contributed by atoms with Crippen LogP contribution >= 0.6 is 0 Å². The number of sulfone groups is 1. The lowest BCUT2D eigenvalue weighted by Gasteiger charge is -2.20. The third kappa shape index (κ3) is 33.8. The summed E-state index contributed by atoms with van der Waals surface area (Å²) in [6.07, 6.45) is 73.5. The lowest BCUT2D eigenvalue weighted by molar-refractivity contribution is -0.0890. The predicted octanol–water partition coefficient (Wildman–Crippen LogP) is 14.3. The topological polar surface area (TPSA) is 52.6 Å². The van der Waals surface area contributed by atoms with Gasteiger partial charge in [-0.15, -0.1) is 0 Å². The third-order valence-corrected chi connectivity index (χ3v) is 10.0. The van der Waals surface area contributed by atoms with E-state index in [0.29, 0.717) is 13.0 Å². The normalized spacial score (nSPS) is 19.2. The van der Waals surface area contributed by atoms with E-state index in [2.05, 4.69) is 50.3 Å². The van der Waals surface area contributed by atoms with Gasteiger partial charge in [-0.25, -0.2) is 8.42 Å². The van der Waals surface area contributed by atoms with Crippen molar-refractivity contribution in [2.45, 2.75) is 148 Å². The van der Waals surface area contributed by atoms with Crippen LogP contribution in [0.4, 0.5) is 0 Å². The molecule has 0 spiro atoms. The van der Waals surface area contributed by atoms with Gasteiger partial charge in [0.15, 0.2) is 0 Å². The van der Waals surface area contributed by atoms with Gasteiger partial charge < -0.3 is 9.47 Å². The van der Waals surface area contributed by atoms with Crippen LogP contribution in [-0.2, 0) is 19.3 Å². The minimum Gasteiger partial charge on any atom is -0.340 e. The van der Waals surface area contributed by atoms with Crippen molar-refractivity contribution in [2.24, 2.45) is 0 Å². The highest BCUT2D eigenvalue weighted by molar-refractivity contribution is 7.90. The van der Waals surface area contributed by atoms with E-state index in [1.807, 2.05) is 109 Å². The summed E-state index contributed by atoms with van der Waals surface area (Å²) in [6, 6.07) is 0. The Hall–Kier alpha value is -3.25. The Morgan fingerprint density at radius 1 is 0.473 bits per heavy atom. The summed E-state index contributed by atoms with van der Waals surface area (Å²) < 4.78 is 35.7. The fraction of sp³-hybridized carbons (Fsp3) is 0.520. The second kappa shape index (κ2) is 36.4. The number of ether oxygens (including phenoxy) is 2. The van der Waals surface area contributed by atoms with Crippen molar-refractivity contribution < 1.29 is 17.9 Å². The molecule has 0 aromatic rings. The number of hydrogen-bond acceptors (Lipinski definition) is 4. The van der Waals surface area contributed by atoms with E-state index in [0.717, 1.165) is 12.8 Å². The van der Waals surface area contributed by atoms with Crippen LogP contribution < -0.4 is 0 Å². The average Bonchev–Trinajstić information content (AvgIpc) is 3.58. The van der Waals surface area contributed by atoms with Gasteiger partial charge >= 0.3 is 0 Å². The van der Waals surface area contributed by atoms with Crippen molar-refractivity contribution in [3.8, 4) is 0 Å². The van der Waals surface area contributed by atoms with Crippen LogP contribution in [0.25, 0.3) is 0 Å². The van der Waals surface area contributed by atoms with Gasteiger partial charge in [0.25, 0.3) is 0 Å². The van der Waals surface area contributed by atoms with E-state index < -0.39 is 15.6 Å². The number of allylic oxidation sites excluding steroid dienone is 22. The van der Waals surface area contributed by atoms with Gasteiger partial charge in [0.2, 0.25) is 5.79 Å². The van der Waals surface area contributed by atoms with Crippen LogP contribution in [0.1, 0.15) is 136 Å². The maximum absolute atomic E-state index is 11.7. The van der Waals surface area contributed by atoms with Gasteiger partial charge in [-0.05, 0) is 44.3 Å². The summed E-state index contributed by atoms with van der Waals surface area (Å²) in [5.41, 5.74) is 0. The van der Waals surface area contributed by atoms with E-state index in [1.54, 1.807) is 0 Å². The Kier molecular flexibility index (Phi) is 32.9. The zero-order valence-electron chi connectivity index (χ0n) is 34.8. The van der Waals surface area contributed by atoms with Crippen molar-refractivity contribution >= 4 is 9.84 Å². The van der Waals surface area contributed by atoms with Crippen LogP contribution in [0.15, 0.2) is 146 Å². The largest absolute Gasteiger partial charge is 0.340 e. The van der Waals surface area contributed by atoms with Crippen molar-refractivity contribution in [1.82, 2.24) is 0 Å². The second-order valence-corrected chi connectivity index (χ2v) is 16.6. The summed E-state index contributed by atoms with van der Waals surface area (Å²) in [5, 5.41) is 0. The maximum atomic E-state index is 11.7. The van der Waals surface area contributed by atoms with Crippen molar-refractivity contribution in [2.75, 3.05) is 18.6 Å². The van der Waals surface area contributed by atoms with Crippen LogP contribution in [0.3, 0.4) is 0 Å². The molecule has 1 aliphatic heterocycles. The highest BCUT2D eigenvalue weighted by atomic mass is 32.2. The standard InChI is InChI=1S/C50H76O4S/c1-4-6-8-10-12-14-16-18-20-22-24-26-28-30-32-34-36-38-40-42-45-50(53-48-49(54-50)44-47-55(3,51)52)46-43-41-39-37-35-33-31-29-27-25-23-21-19-17-15-13-11-9-7-5-2/h22-43,45-46,49H,4-21,44,47-48H2,1-3H3. The molecule has 55 heavy (non-hydrogen) atoms. The van der Waals surface area contributed by atoms with Gasteiger partial charge in [-0.2, -0.15) is 0 Å². The molecular weight excluding hydrogens is 697 g/mol. The first kappa shape index (κ1) is 49.8. The van der Waals surface area contributed by atoms with Gasteiger partial charge in [-0.1, -0.05) is 237 Å². The van der Waals surface area contributed by atoms with Crippen LogP contribution in [0, 0.1) is 0 Å². The number of hydrogen-bond donors (Lipinski definition) is 0. The molecule has 0 aromatic carbocycles. The van der Waals surface area contributed by atoms with Crippen molar-refractivity contribution in [3.05, 3.63) is 146 Å². The lowest BCUT2D eigenvalue weighted by atomic mass is 10.1. The molecule has 0 amide bonds. The Labute approximate surface area is 338 Å². The van der Waals surface area contributed by atoms with E-state index in [-0.39, 0.29) is 11.9 Å². The van der Waals surface area contributed by atoms with Gasteiger partial charge in [0.05, 0.1) is 18.5 Å². The molecule has 1 saturated heterocycles. The van der Waals surface area contributed by atoms with E-state index in [9.17, 15) is 8.42 Å². The summed E-state index contributed by atoms with van der Waals surface area (Å²) in [7, 11) is -3.08. The molecular formula is C50H76O4S.